The standard InChI is InChI=1S/C14H21NO.C13H12F3NO.C2H4O.C2H6/c1-5-9-16-11-12-7-8-14(15(3)4)13(6-2)10-12;1-3-11-8(2)17-12(18-11)9-4-6-10(7-5-9)13(14,15)16;1-2-3;1-2/h6-8,10H,2,5,9,11H2,1,3-4H3;4-7H,3H2,1-2H3;2-3H,1H2;1-2H3. The Morgan fingerprint density at radius 1 is 1.05 bits per heavy atom. The molecule has 8 heteroatoms. The van der Waals surface area contributed by atoms with E-state index < -0.39 is 11.7 Å². The van der Waals surface area contributed by atoms with Gasteiger partial charge in [-0.25, -0.2) is 4.98 Å². The van der Waals surface area contributed by atoms with Crippen LogP contribution in [0.3, 0.4) is 0 Å². The van der Waals surface area contributed by atoms with Crippen LogP contribution in [0.2, 0.25) is 0 Å². The zero-order chi connectivity index (χ0) is 30.0. The molecule has 0 radical (unpaired) electrons. The molecule has 0 atom stereocenters. The minimum Gasteiger partial charge on any atom is -0.516 e. The topological polar surface area (TPSA) is 58.7 Å². The van der Waals surface area contributed by atoms with Crippen molar-refractivity contribution in [3.05, 3.63) is 90.0 Å². The van der Waals surface area contributed by atoms with Gasteiger partial charge in [-0.15, -0.1) is 0 Å². The van der Waals surface area contributed by atoms with Gasteiger partial charge in [0.15, 0.2) is 0 Å². The van der Waals surface area contributed by atoms with Crippen molar-refractivity contribution in [1.29, 1.82) is 0 Å². The molecule has 0 saturated heterocycles. The predicted molar refractivity (Wildman–Crippen MR) is 156 cm³/mol. The molecular formula is C31H43F3N2O3. The monoisotopic (exact) mass is 548 g/mol. The van der Waals surface area contributed by atoms with Gasteiger partial charge in [-0.1, -0.05) is 53.0 Å². The highest BCUT2D eigenvalue weighted by Gasteiger charge is 2.30. The van der Waals surface area contributed by atoms with Gasteiger partial charge in [0.2, 0.25) is 5.89 Å². The second kappa shape index (κ2) is 18.7. The maximum Gasteiger partial charge on any atom is 0.416 e. The van der Waals surface area contributed by atoms with E-state index in [0.29, 0.717) is 24.5 Å². The molecule has 0 aliphatic carbocycles. The van der Waals surface area contributed by atoms with Gasteiger partial charge in [-0.2, -0.15) is 13.2 Å². The van der Waals surface area contributed by atoms with Gasteiger partial charge < -0.3 is 19.2 Å². The minimum absolute atomic E-state index is 0.359. The first-order valence-electron chi connectivity index (χ1n) is 12.9. The van der Waals surface area contributed by atoms with Crippen molar-refractivity contribution in [3.8, 4) is 11.5 Å². The minimum atomic E-state index is -4.32. The highest BCUT2D eigenvalue weighted by Crippen LogP contribution is 2.31. The van der Waals surface area contributed by atoms with Gasteiger partial charge in [0.1, 0.15) is 5.76 Å². The second-order valence-corrected chi connectivity index (χ2v) is 8.18. The highest BCUT2D eigenvalue weighted by molar-refractivity contribution is 5.67. The fraction of sp³-hybridized carbons (Fsp3) is 0.387. The lowest BCUT2D eigenvalue weighted by atomic mass is 10.1. The molecule has 3 rings (SSSR count). The molecule has 0 spiro atoms. The van der Waals surface area contributed by atoms with Gasteiger partial charge in [-0.3, -0.25) is 0 Å². The molecular weight excluding hydrogens is 505 g/mol. The third-order valence-corrected chi connectivity index (χ3v) is 5.08. The molecule has 1 N–H and O–H groups in total. The van der Waals surface area contributed by atoms with E-state index >= 15 is 0 Å². The van der Waals surface area contributed by atoms with E-state index in [-0.39, 0.29) is 0 Å². The number of benzene rings is 2. The Hall–Kier alpha value is -3.52. The average Bonchev–Trinajstić information content (AvgIpc) is 3.30. The quantitative estimate of drug-likeness (QED) is 0.225. The molecule has 0 fully saturated rings. The van der Waals surface area contributed by atoms with Crippen LogP contribution in [0.25, 0.3) is 17.5 Å². The number of alkyl halides is 3. The van der Waals surface area contributed by atoms with Gasteiger partial charge in [-0.05, 0) is 60.9 Å². The number of anilines is 1. The first-order valence-corrected chi connectivity index (χ1v) is 12.9. The van der Waals surface area contributed by atoms with Crippen molar-refractivity contribution < 1.29 is 27.4 Å². The summed E-state index contributed by atoms with van der Waals surface area (Å²) in [7, 11) is 4.07. The largest absolute Gasteiger partial charge is 0.516 e. The lowest BCUT2D eigenvalue weighted by molar-refractivity contribution is -0.137. The van der Waals surface area contributed by atoms with Gasteiger partial charge in [0.05, 0.1) is 24.1 Å². The molecule has 2 aromatic carbocycles. The lowest BCUT2D eigenvalue weighted by Crippen LogP contribution is -2.10. The van der Waals surface area contributed by atoms with E-state index in [9.17, 15) is 13.2 Å². The molecule has 5 nitrogen and oxygen atoms in total. The molecule has 1 aromatic heterocycles. The average molecular weight is 549 g/mol. The Morgan fingerprint density at radius 3 is 2.08 bits per heavy atom. The van der Waals surface area contributed by atoms with Crippen LogP contribution in [0.15, 0.2) is 66.3 Å². The highest BCUT2D eigenvalue weighted by atomic mass is 19.4. The maximum atomic E-state index is 12.4. The van der Waals surface area contributed by atoms with E-state index in [4.69, 9.17) is 14.3 Å². The number of hydrogen-bond acceptors (Lipinski definition) is 5. The van der Waals surface area contributed by atoms with Crippen molar-refractivity contribution in [2.45, 2.75) is 60.2 Å². The third kappa shape index (κ3) is 12.3. The molecule has 0 amide bonds. The smallest absolute Gasteiger partial charge is 0.416 e. The first-order chi connectivity index (χ1) is 18.5. The van der Waals surface area contributed by atoms with E-state index in [1.165, 1.54) is 23.4 Å². The van der Waals surface area contributed by atoms with E-state index in [2.05, 4.69) is 48.2 Å². The van der Waals surface area contributed by atoms with Gasteiger partial charge in [0, 0.05) is 38.4 Å². The van der Waals surface area contributed by atoms with Crippen molar-refractivity contribution in [2.75, 3.05) is 25.6 Å². The normalized spacial score (nSPS) is 10.1. The number of oxazole rings is 1. The molecule has 216 valence electrons. The van der Waals surface area contributed by atoms with Crippen molar-refractivity contribution in [2.24, 2.45) is 0 Å². The van der Waals surface area contributed by atoms with E-state index in [1.807, 2.05) is 47.9 Å². The summed E-state index contributed by atoms with van der Waals surface area (Å²) < 4.78 is 48.2. The summed E-state index contributed by atoms with van der Waals surface area (Å²) in [5.74, 6) is 1.11. The zero-order valence-corrected chi connectivity index (χ0v) is 24.2. The number of ether oxygens (including phenoxy) is 1. The number of aryl methyl sites for hydroxylation is 2. The number of aliphatic hydroxyl groups is 1. The van der Waals surface area contributed by atoms with Crippen LogP contribution in [0.4, 0.5) is 18.9 Å². The summed E-state index contributed by atoms with van der Waals surface area (Å²) in [4.78, 5) is 6.29. The predicted octanol–water partition coefficient (Wildman–Crippen LogP) is 9.27. The number of halogens is 3. The van der Waals surface area contributed by atoms with Crippen LogP contribution in [0, 0.1) is 6.92 Å². The van der Waals surface area contributed by atoms with Crippen molar-refractivity contribution in [1.82, 2.24) is 4.98 Å². The number of aliphatic hydroxyl groups excluding tert-OH is 1. The Bertz CT molecular complexity index is 1110. The molecule has 39 heavy (non-hydrogen) atoms. The summed E-state index contributed by atoms with van der Waals surface area (Å²) in [5, 5.41) is 7.33. The van der Waals surface area contributed by atoms with Crippen LogP contribution in [0.1, 0.15) is 62.3 Å². The van der Waals surface area contributed by atoms with Crippen LogP contribution in [0.5, 0.6) is 0 Å². The molecule has 1 heterocycles. The van der Waals surface area contributed by atoms with Crippen LogP contribution in [-0.4, -0.2) is 30.8 Å². The SMILES string of the molecule is C=CO.C=Cc1cc(COCCC)ccc1N(C)C.CC.CCc1oc(-c2ccc(C(F)(F)F)cc2)nc1C. The summed E-state index contributed by atoms with van der Waals surface area (Å²) >= 11 is 0. The molecule has 0 saturated carbocycles. The fourth-order valence-electron chi connectivity index (χ4n) is 3.28. The molecule has 0 aliphatic heterocycles. The Balaban J connectivity index is 0.000000640. The Morgan fingerprint density at radius 2 is 1.64 bits per heavy atom. The number of nitrogens with zero attached hydrogens (tertiary/aromatic N) is 2. The molecule has 3 aromatic rings. The van der Waals surface area contributed by atoms with Crippen molar-refractivity contribution >= 4 is 11.8 Å². The fourth-order valence-corrected chi connectivity index (χ4v) is 3.28. The Kier molecular flexibility index (Phi) is 17.0. The Labute approximate surface area is 231 Å². The molecule has 0 unspecified atom stereocenters. The molecule has 0 aliphatic rings. The second-order valence-electron chi connectivity index (χ2n) is 8.18. The van der Waals surface area contributed by atoms with E-state index in [0.717, 1.165) is 48.4 Å². The van der Waals surface area contributed by atoms with Crippen LogP contribution in [-0.2, 0) is 23.9 Å². The maximum absolute atomic E-state index is 12.4. The first kappa shape index (κ1) is 35.5. The summed E-state index contributed by atoms with van der Waals surface area (Å²) in [6.07, 6.45) is 0.0852. The third-order valence-electron chi connectivity index (χ3n) is 5.08. The zero-order valence-electron chi connectivity index (χ0n) is 24.2. The van der Waals surface area contributed by atoms with Crippen LogP contribution < -0.4 is 4.90 Å². The van der Waals surface area contributed by atoms with Crippen LogP contribution >= 0.6 is 0 Å². The number of rotatable bonds is 8. The molecule has 0 bridgehead atoms. The number of aromatic nitrogens is 1. The summed E-state index contributed by atoms with van der Waals surface area (Å²) in [5.41, 5.74) is 4.19. The van der Waals surface area contributed by atoms with Crippen molar-refractivity contribution in [3.63, 3.8) is 0 Å². The number of hydrogen-bond donors (Lipinski definition) is 1. The summed E-state index contributed by atoms with van der Waals surface area (Å²) in [6, 6.07) is 11.2. The summed E-state index contributed by atoms with van der Waals surface area (Å²) in [6.45, 7) is 18.1. The van der Waals surface area contributed by atoms with Gasteiger partial charge in [0.25, 0.3) is 0 Å². The van der Waals surface area contributed by atoms with Gasteiger partial charge >= 0.3 is 6.18 Å². The lowest BCUT2D eigenvalue weighted by Gasteiger charge is -2.16. The van der Waals surface area contributed by atoms with E-state index in [1.54, 1.807) is 0 Å².